The lowest BCUT2D eigenvalue weighted by Gasteiger charge is -2.03. The average Bonchev–Trinajstić information content (AvgIpc) is 2.40. The second-order valence-electron chi connectivity index (χ2n) is 3.33. The first-order chi connectivity index (χ1) is 8.29. The van der Waals surface area contributed by atoms with Gasteiger partial charge in [-0.25, -0.2) is 9.48 Å². The number of benzene rings is 1. The van der Waals surface area contributed by atoms with Gasteiger partial charge in [-0.3, -0.25) is 0 Å². The number of rotatable bonds is 1. The molecule has 0 saturated carbocycles. The first-order valence-electron chi connectivity index (χ1n) is 5.16. The Morgan fingerprint density at radius 3 is 2.65 bits per heavy atom. The molecule has 1 aromatic heterocycles. The topological polar surface area (TPSA) is 59.3 Å². The van der Waals surface area contributed by atoms with Crippen molar-refractivity contribution in [3.8, 4) is 5.69 Å². The summed E-state index contributed by atoms with van der Waals surface area (Å²) in [5.74, 6) is 0. The highest BCUT2D eigenvalue weighted by atomic mass is 16.2. The Labute approximate surface area is 98.4 Å². The van der Waals surface area contributed by atoms with Gasteiger partial charge < -0.3 is 5.32 Å². The van der Waals surface area contributed by atoms with E-state index >= 15 is 0 Å². The number of para-hydroxylation sites is 1. The standard InChI is InChI=1S/C12H12N4O/c1-13-12(17)15-10-7-8-16(14-9-10)11-5-3-2-4-6-11/h2-9H,1H3,(H,13,17). The molecular formula is C12H12N4O. The quantitative estimate of drug-likeness (QED) is 0.794. The molecule has 2 aromatic rings. The fourth-order valence-electron chi connectivity index (χ4n) is 1.32. The minimum absolute atomic E-state index is 0.385. The molecule has 0 aliphatic carbocycles. The van der Waals surface area contributed by atoms with Gasteiger partial charge in [-0.05, 0) is 18.2 Å². The molecule has 1 N–H and O–H groups in total. The van der Waals surface area contributed by atoms with E-state index < -0.39 is 0 Å². The number of nitrogens with one attached hydrogen (secondary N) is 1. The molecule has 86 valence electrons. The number of amides is 2. The zero-order valence-electron chi connectivity index (χ0n) is 9.37. The number of carbonyl (C=O) groups is 1. The fourth-order valence-corrected chi connectivity index (χ4v) is 1.32. The Morgan fingerprint density at radius 2 is 2.06 bits per heavy atom. The van der Waals surface area contributed by atoms with E-state index in [9.17, 15) is 4.79 Å². The SMILES string of the molecule is CNC(=O)N=c1ccn(-c2ccccc2)nc1. The Morgan fingerprint density at radius 1 is 1.29 bits per heavy atom. The van der Waals surface area contributed by atoms with Crippen LogP contribution in [0.4, 0.5) is 4.79 Å². The van der Waals surface area contributed by atoms with E-state index in [1.54, 1.807) is 23.1 Å². The van der Waals surface area contributed by atoms with Crippen molar-refractivity contribution in [2.24, 2.45) is 4.99 Å². The summed E-state index contributed by atoms with van der Waals surface area (Å²) >= 11 is 0. The first-order valence-corrected chi connectivity index (χ1v) is 5.16. The van der Waals surface area contributed by atoms with Gasteiger partial charge in [0.1, 0.15) is 0 Å². The monoisotopic (exact) mass is 228 g/mol. The molecule has 2 amide bonds. The predicted molar refractivity (Wildman–Crippen MR) is 63.6 cm³/mol. The highest BCUT2D eigenvalue weighted by Crippen LogP contribution is 2.02. The lowest BCUT2D eigenvalue weighted by atomic mass is 10.3. The second-order valence-corrected chi connectivity index (χ2v) is 3.33. The zero-order chi connectivity index (χ0) is 12.1. The Bertz CT molecular complexity index is 554. The molecular weight excluding hydrogens is 216 g/mol. The van der Waals surface area contributed by atoms with Crippen molar-refractivity contribution in [3.05, 3.63) is 54.1 Å². The van der Waals surface area contributed by atoms with Crippen molar-refractivity contribution in [2.45, 2.75) is 0 Å². The van der Waals surface area contributed by atoms with Crippen molar-refractivity contribution in [3.63, 3.8) is 0 Å². The van der Waals surface area contributed by atoms with E-state index in [1.807, 2.05) is 30.3 Å². The van der Waals surface area contributed by atoms with Gasteiger partial charge in [0.05, 0.1) is 17.2 Å². The maximum atomic E-state index is 11.0. The molecule has 0 spiro atoms. The molecule has 0 aliphatic heterocycles. The van der Waals surface area contributed by atoms with Crippen molar-refractivity contribution < 1.29 is 4.79 Å². The van der Waals surface area contributed by atoms with Crippen LogP contribution in [0.15, 0.2) is 53.8 Å². The summed E-state index contributed by atoms with van der Waals surface area (Å²) in [6, 6.07) is 11.1. The highest BCUT2D eigenvalue weighted by Gasteiger charge is 1.94. The normalized spacial score (nSPS) is 11.2. The van der Waals surface area contributed by atoms with Gasteiger partial charge in [-0.1, -0.05) is 18.2 Å². The molecule has 0 aliphatic rings. The van der Waals surface area contributed by atoms with Gasteiger partial charge in [0.25, 0.3) is 0 Å². The molecule has 0 saturated heterocycles. The summed E-state index contributed by atoms with van der Waals surface area (Å²) in [5.41, 5.74) is 0.957. The smallest absolute Gasteiger partial charge is 0.339 e. The molecule has 1 aromatic carbocycles. The van der Waals surface area contributed by atoms with Crippen LogP contribution in [0.2, 0.25) is 0 Å². The van der Waals surface area contributed by atoms with E-state index in [-0.39, 0.29) is 6.03 Å². The third-order valence-corrected chi connectivity index (χ3v) is 2.17. The van der Waals surface area contributed by atoms with E-state index in [0.29, 0.717) is 5.36 Å². The van der Waals surface area contributed by atoms with Crippen LogP contribution in [0, 0.1) is 0 Å². The second kappa shape index (κ2) is 5.07. The number of urea groups is 1. The van der Waals surface area contributed by atoms with Gasteiger partial charge in [0.15, 0.2) is 0 Å². The van der Waals surface area contributed by atoms with Crippen molar-refractivity contribution in [2.75, 3.05) is 7.05 Å². The van der Waals surface area contributed by atoms with Crippen LogP contribution in [0.3, 0.4) is 0 Å². The summed E-state index contributed by atoms with van der Waals surface area (Å²) < 4.78 is 1.71. The minimum Gasteiger partial charge on any atom is -0.339 e. The fraction of sp³-hybridized carbons (Fsp3) is 0.0833. The molecule has 0 bridgehead atoms. The van der Waals surface area contributed by atoms with Crippen LogP contribution >= 0.6 is 0 Å². The van der Waals surface area contributed by atoms with Gasteiger partial charge >= 0.3 is 6.03 Å². The van der Waals surface area contributed by atoms with E-state index in [2.05, 4.69) is 15.4 Å². The van der Waals surface area contributed by atoms with Gasteiger partial charge in [0.2, 0.25) is 0 Å². The Kier molecular flexibility index (Phi) is 3.30. The molecule has 0 atom stereocenters. The van der Waals surface area contributed by atoms with E-state index in [1.165, 1.54) is 7.05 Å². The maximum absolute atomic E-state index is 11.0. The lowest BCUT2D eigenvalue weighted by molar-refractivity contribution is 0.250. The van der Waals surface area contributed by atoms with Crippen LogP contribution < -0.4 is 10.7 Å². The Hall–Kier alpha value is -2.43. The molecule has 17 heavy (non-hydrogen) atoms. The van der Waals surface area contributed by atoms with Crippen LogP contribution in [0.5, 0.6) is 0 Å². The molecule has 5 nitrogen and oxygen atoms in total. The van der Waals surface area contributed by atoms with Gasteiger partial charge in [-0.2, -0.15) is 10.1 Å². The number of nitrogens with zero attached hydrogens (tertiary/aromatic N) is 3. The molecule has 1 heterocycles. The molecule has 0 radical (unpaired) electrons. The minimum atomic E-state index is -0.385. The molecule has 5 heteroatoms. The van der Waals surface area contributed by atoms with Crippen LogP contribution in [0.1, 0.15) is 0 Å². The summed E-state index contributed by atoms with van der Waals surface area (Å²) in [6.45, 7) is 0. The highest BCUT2D eigenvalue weighted by molar-refractivity contribution is 5.74. The third kappa shape index (κ3) is 2.78. The lowest BCUT2D eigenvalue weighted by Crippen LogP contribution is -2.18. The summed E-state index contributed by atoms with van der Waals surface area (Å²) in [7, 11) is 1.53. The third-order valence-electron chi connectivity index (χ3n) is 2.17. The largest absolute Gasteiger partial charge is 0.341 e. The number of carbonyl (C=O) groups excluding carboxylic acids is 1. The van der Waals surface area contributed by atoms with Crippen LogP contribution in [0.25, 0.3) is 5.69 Å². The van der Waals surface area contributed by atoms with E-state index in [0.717, 1.165) is 5.69 Å². The van der Waals surface area contributed by atoms with Crippen molar-refractivity contribution >= 4 is 6.03 Å². The summed E-state index contributed by atoms with van der Waals surface area (Å²) in [5, 5.41) is 7.12. The number of hydrogen-bond acceptors (Lipinski definition) is 2. The zero-order valence-corrected chi connectivity index (χ0v) is 9.37. The first kappa shape index (κ1) is 11.1. The summed E-state index contributed by atoms with van der Waals surface area (Å²) in [4.78, 5) is 14.8. The maximum Gasteiger partial charge on any atom is 0.341 e. The molecule has 0 fully saturated rings. The van der Waals surface area contributed by atoms with Crippen LogP contribution in [-0.2, 0) is 0 Å². The van der Waals surface area contributed by atoms with Crippen LogP contribution in [-0.4, -0.2) is 22.9 Å². The number of hydrogen-bond donors (Lipinski definition) is 1. The van der Waals surface area contributed by atoms with Gasteiger partial charge in [-0.15, -0.1) is 0 Å². The van der Waals surface area contributed by atoms with Crippen molar-refractivity contribution in [1.82, 2.24) is 15.1 Å². The number of aromatic nitrogens is 2. The Balaban J connectivity index is 2.31. The average molecular weight is 228 g/mol. The van der Waals surface area contributed by atoms with Gasteiger partial charge in [0, 0.05) is 13.2 Å². The molecule has 0 unspecified atom stereocenters. The van der Waals surface area contributed by atoms with Crippen molar-refractivity contribution in [1.29, 1.82) is 0 Å². The van der Waals surface area contributed by atoms with E-state index in [4.69, 9.17) is 0 Å². The molecule has 2 rings (SSSR count). The summed E-state index contributed by atoms with van der Waals surface area (Å²) in [6.07, 6.45) is 3.30. The predicted octanol–water partition coefficient (Wildman–Crippen LogP) is 1.11.